The molecule has 1 aromatic rings. The summed E-state index contributed by atoms with van der Waals surface area (Å²) in [6.45, 7) is 4.28. The average molecular weight is 233 g/mol. The molecular formula is C10H12Cl2NO-. The third-order valence-corrected chi connectivity index (χ3v) is 2.13. The molecule has 1 N–H and O–H groups in total. The molecule has 0 unspecified atom stereocenters. The minimum absolute atomic E-state index is 0. The molecule has 4 heteroatoms. The third-order valence-electron chi connectivity index (χ3n) is 1.72. The van der Waals surface area contributed by atoms with Gasteiger partial charge in [0.15, 0.2) is 0 Å². The number of halogens is 2. The predicted molar refractivity (Wildman–Crippen MR) is 54.6 cm³/mol. The molecule has 14 heavy (non-hydrogen) atoms. The van der Waals surface area contributed by atoms with Crippen LogP contribution in [0.5, 0.6) is 0 Å². The van der Waals surface area contributed by atoms with Gasteiger partial charge in [0.2, 0.25) is 5.90 Å². The molecule has 0 aliphatic heterocycles. The van der Waals surface area contributed by atoms with E-state index in [0.29, 0.717) is 11.6 Å². The van der Waals surface area contributed by atoms with Crippen molar-refractivity contribution in [1.29, 1.82) is 5.41 Å². The van der Waals surface area contributed by atoms with E-state index in [1.165, 1.54) is 0 Å². The van der Waals surface area contributed by atoms with Crippen molar-refractivity contribution in [2.45, 2.75) is 13.8 Å². The van der Waals surface area contributed by atoms with Gasteiger partial charge in [-0.15, -0.1) is 0 Å². The fourth-order valence-corrected chi connectivity index (χ4v) is 1.14. The number of hydrogen-bond acceptors (Lipinski definition) is 2. The highest BCUT2D eigenvalue weighted by Crippen LogP contribution is 2.17. The van der Waals surface area contributed by atoms with Gasteiger partial charge in [-0.25, -0.2) is 0 Å². The Morgan fingerprint density at radius 3 is 2.64 bits per heavy atom. The van der Waals surface area contributed by atoms with Gasteiger partial charge in [-0.1, -0.05) is 17.7 Å². The minimum Gasteiger partial charge on any atom is -1.00 e. The average Bonchev–Trinajstić information content (AvgIpc) is 2.10. The van der Waals surface area contributed by atoms with E-state index in [-0.39, 0.29) is 18.3 Å². The minimum atomic E-state index is 0. The standard InChI is InChI=1S/C10H12ClNO.ClH/c1-3-13-10(12)8-5-4-7(2)9(11)6-8;/h4-6,12H,3H2,1-2H3;1H/p-1. The molecule has 0 bridgehead atoms. The summed E-state index contributed by atoms with van der Waals surface area (Å²) in [5, 5.41) is 8.18. The van der Waals surface area contributed by atoms with Crippen LogP contribution in [0, 0.1) is 12.3 Å². The SMILES string of the molecule is CCOC(=N)c1ccc(C)c(Cl)c1.[Cl-]. The van der Waals surface area contributed by atoms with E-state index in [9.17, 15) is 0 Å². The number of rotatable bonds is 2. The van der Waals surface area contributed by atoms with Gasteiger partial charge < -0.3 is 17.1 Å². The summed E-state index contributed by atoms with van der Waals surface area (Å²) >= 11 is 5.91. The molecule has 1 rings (SSSR count). The number of hydrogen-bond donors (Lipinski definition) is 1. The van der Waals surface area contributed by atoms with Gasteiger partial charge >= 0.3 is 0 Å². The van der Waals surface area contributed by atoms with Gasteiger partial charge in [-0.05, 0) is 31.5 Å². The Kier molecular flexibility index (Phi) is 5.58. The summed E-state index contributed by atoms with van der Waals surface area (Å²) in [5.74, 6) is 0.171. The molecule has 0 aliphatic rings. The topological polar surface area (TPSA) is 33.1 Å². The van der Waals surface area contributed by atoms with Crippen LogP contribution < -0.4 is 12.4 Å². The molecule has 78 valence electrons. The first-order valence-electron chi connectivity index (χ1n) is 4.13. The van der Waals surface area contributed by atoms with E-state index in [2.05, 4.69) is 0 Å². The summed E-state index contributed by atoms with van der Waals surface area (Å²) in [6, 6.07) is 5.46. The maximum absolute atomic E-state index is 7.52. The van der Waals surface area contributed by atoms with E-state index in [4.69, 9.17) is 21.7 Å². The first-order chi connectivity index (χ1) is 6.15. The molecule has 0 heterocycles. The van der Waals surface area contributed by atoms with Crippen LogP contribution in [-0.4, -0.2) is 12.5 Å². The maximum atomic E-state index is 7.52. The number of nitrogens with one attached hydrogen (secondary N) is 1. The van der Waals surface area contributed by atoms with Gasteiger partial charge in [0, 0.05) is 10.6 Å². The van der Waals surface area contributed by atoms with Gasteiger partial charge in [0.25, 0.3) is 0 Å². The fourth-order valence-electron chi connectivity index (χ4n) is 0.962. The highest BCUT2D eigenvalue weighted by atomic mass is 35.5. The van der Waals surface area contributed by atoms with E-state index >= 15 is 0 Å². The van der Waals surface area contributed by atoms with E-state index in [1.54, 1.807) is 6.07 Å². The Balaban J connectivity index is 0.00000169. The number of benzene rings is 1. The van der Waals surface area contributed by atoms with Crippen molar-refractivity contribution < 1.29 is 17.1 Å². The molecule has 0 fully saturated rings. The first kappa shape index (κ1) is 13.3. The van der Waals surface area contributed by atoms with Crippen LogP contribution in [0.3, 0.4) is 0 Å². The van der Waals surface area contributed by atoms with Crippen molar-refractivity contribution in [3.8, 4) is 0 Å². The Labute approximate surface area is 95.1 Å². The van der Waals surface area contributed by atoms with E-state index in [1.807, 2.05) is 26.0 Å². The van der Waals surface area contributed by atoms with Crippen LogP contribution in [-0.2, 0) is 4.74 Å². The summed E-state index contributed by atoms with van der Waals surface area (Å²) < 4.78 is 5.05. The zero-order chi connectivity index (χ0) is 9.84. The van der Waals surface area contributed by atoms with Crippen molar-refractivity contribution in [1.82, 2.24) is 0 Å². The molecule has 0 spiro atoms. The lowest BCUT2D eigenvalue weighted by molar-refractivity contribution is -0.00000373. The third kappa shape index (κ3) is 3.20. The zero-order valence-electron chi connectivity index (χ0n) is 8.10. The van der Waals surface area contributed by atoms with Crippen molar-refractivity contribution >= 4 is 17.5 Å². The van der Waals surface area contributed by atoms with Crippen LogP contribution >= 0.6 is 11.6 Å². The van der Waals surface area contributed by atoms with Crippen molar-refractivity contribution in [2.24, 2.45) is 0 Å². The van der Waals surface area contributed by atoms with Crippen molar-refractivity contribution in [3.63, 3.8) is 0 Å². The van der Waals surface area contributed by atoms with Crippen LogP contribution in [0.2, 0.25) is 5.02 Å². The van der Waals surface area contributed by atoms with E-state index in [0.717, 1.165) is 11.1 Å². The Morgan fingerprint density at radius 1 is 1.50 bits per heavy atom. The van der Waals surface area contributed by atoms with Crippen LogP contribution in [0.1, 0.15) is 18.1 Å². The lowest BCUT2D eigenvalue weighted by atomic mass is 10.1. The first-order valence-corrected chi connectivity index (χ1v) is 4.50. The van der Waals surface area contributed by atoms with Gasteiger partial charge in [-0.2, -0.15) is 0 Å². The van der Waals surface area contributed by atoms with Crippen LogP contribution in [0.25, 0.3) is 0 Å². The monoisotopic (exact) mass is 232 g/mol. The molecule has 0 radical (unpaired) electrons. The highest BCUT2D eigenvalue weighted by molar-refractivity contribution is 6.31. The Morgan fingerprint density at radius 2 is 2.14 bits per heavy atom. The molecule has 1 aromatic carbocycles. The van der Waals surface area contributed by atoms with Crippen molar-refractivity contribution in [3.05, 3.63) is 34.3 Å². The number of aryl methyl sites for hydroxylation is 1. The zero-order valence-corrected chi connectivity index (χ0v) is 9.62. The second-order valence-corrected chi connectivity index (χ2v) is 3.13. The Hall–Kier alpha value is -0.730. The van der Waals surface area contributed by atoms with Gasteiger partial charge in [0.05, 0.1) is 6.61 Å². The molecule has 0 aliphatic carbocycles. The summed E-state index contributed by atoms with van der Waals surface area (Å²) in [4.78, 5) is 0. The second kappa shape index (κ2) is 5.89. The normalized spacial score (nSPS) is 9.07. The summed E-state index contributed by atoms with van der Waals surface area (Å²) in [7, 11) is 0. The van der Waals surface area contributed by atoms with Crippen LogP contribution in [0.15, 0.2) is 18.2 Å². The lowest BCUT2D eigenvalue weighted by Crippen LogP contribution is -3.00. The molecule has 0 saturated carbocycles. The van der Waals surface area contributed by atoms with E-state index < -0.39 is 0 Å². The van der Waals surface area contributed by atoms with Gasteiger partial charge in [-0.3, -0.25) is 5.41 Å². The highest BCUT2D eigenvalue weighted by Gasteiger charge is 2.03. The Bertz CT molecular complexity index is 326. The quantitative estimate of drug-likeness (QED) is 0.566. The number of ether oxygens (including phenoxy) is 1. The smallest absolute Gasteiger partial charge is 0.213 e. The fraction of sp³-hybridized carbons (Fsp3) is 0.300. The second-order valence-electron chi connectivity index (χ2n) is 2.73. The molecular weight excluding hydrogens is 221 g/mol. The lowest BCUT2D eigenvalue weighted by Gasteiger charge is -2.05. The summed E-state index contributed by atoms with van der Waals surface area (Å²) in [6.07, 6.45) is 0. The molecule has 0 saturated heterocycles. The molecule has 0 aromatic heterocycles. The predicted octanol–water partition coefficient (Wildman–Crippen LogP) is 0.0143. The molecule has 2 nitrogen and oxygen atoms in total. The summed E-state index contributed by atoms with van der Waals surface area (Å²) in [5.41, 5.74) is 1.73. The van der Waals surface area contributed by atoms with Gasteiger partial charge in [0.1, 0.15) is 0 Å². The maximum Gasteiger partial charge on any atom is 0.213 e. The van der Waals surface area contributed by atoms with Crippen LogP contribution in [0.4, 0.5) is 0 Å². The largest absolute Gasteiger partial charge is 1.00 e. The molecule has 0 amide bonds. The molecule has 0 atom stereocenters. The van der Waals surface area contributed by atoms with Crippen molar-refractivity contribution in [2.75, 3.05) is 6.61 Å².